The highest BCUT2D eigenvalue weighted by Gasteiger charge is 2.13. The summed E-state index contributed by atoms with van der Waals surface area (Å²) in [6, 6.07) is 13.3. The number of carbonyl (C=O) groups is 1. The zero-order valence-corrected chi connectivity index (χ0v) is 20.4. The minimum Gasteiger partial charge on any atom is -0.316 e. The molecule has 1 heterocycles. The van der Waals surface area contributed by atoms with Crippen LogP contribution in [0.1, 0.15) is 12.0 Å². The van der Waals surface area contributed by atoms with Gasteiger partial charge in [-0.1, -0.05) is 29.0 Å². The van der Waals surface area contributed by atoms with E-state index in [1.54, 1.807) is 41.7 Å². The Hall–Kier alpha value is -1.55. The van der Waals surface area contributed by atoms with Gasteiger partial charge in [-0.15, -0.1) is 11.8 Å². The summed E-state index contributed by atoms with van der Waals surface area (Å²) in [7, 11) is -3.29. The zero-order chi connectivity index (χ0) is 21.7. The van der Waals surface area contributed by atoms with Crippen molar-refractivity contribution in [3.63, 3.8) is 0 Å². The van der Waals surface area contributed by atoms with Crippen LogP contribution in [0.4, 0.5) is 0 Å². The van der Waals surface area contributed by atoms with Gasteiger partial charge < -0.3 is 4.57 Å². The third-order valence-corrected chi connectivity index (χ3v) is 8.18. The molecule has 0 bridgehead atoms. The second kappa shape index (κ2) is 10.2. The maximum Gasteiger partial charge on any atom is 0.249 e. The summed E-state index contributed by atoms with van der Waals surface area (Å²) in [6.07, 6.45) is 3.58. The molecule has 160 valence electrons. The second-order valence-corrected chi connectivity index (χ2v) is 12.0. The molecule has 5 nitrogen and oxygen atoms in total. The van der Waals surface area contributed by atoms with Crippen LogP contribution in [0.2, 0.25) is 0 Å². The number of hydrogen-bond acceptors (Lipinski definition) is 6. The minimum absolute atomic E-state index is 0.164. The third kappa shape index (κ3) is 6.00. The number of aryl methyl sites for hydroxylation is 2. The quantitative estimate of drug-likeness (QED) is 0.447. The molecule has 0 aliphatic carbocycles. The molecule has 0 radical (unpaired) electrons. The molecule has 2 aromatic carbocycles. The molecule has 0 aliphatic heterocycles. The highest BCUT2D eigenvalue weighted by molar-refractivity contribution is 7.99. The van der Waals surface area contributed by atoms with E-state index in [0.717, 1.165) is 20.9 Å². The van der Waals surface area contributed by atoms with Crippen LogP contribution in [0.15, 0.2) is 57.2 Å². The molecule has 0 saturated heterocycles. The Bertz CT molecular complexity index is 1210. The summed E-state index contributed by atoms with van der Waals surface area (Å²) >= 11 is 4.71. The number of benzene rings is 2. The average molecular weight is 481 g/mol. The number of rotatable bonds is 8. The lowest BCUT2D eigenvalue weighted by molar-refractivity contribution is -0.117. The Morgan fingerprint density at radius 2 is 1.87 bits per heavy atom. The summed E-state index contributed by atoms with van der Waals surface area (Å²) in [4.78, 5) is 18.9. The molecule has 0 atom stereocenters. The average Bonchev–Trinajstić information content (AvgIpc) is 3.03. The van der Waals surface area contributed by atoms with E-state index in [4.69, 9.17) is 0 Å². The first kappa shape index (κ1) is 23.1. The van der Waals surface area contributed by atoms with Crippen molar-refractivity contribution in [2.75, 3.05) is 24.0 Å². The molecule has 0 unspecified atom stereocenters. The van der Waals surface area contributed by atoms with Crippen molar-refractivity contribution in [1.82, 2.24) is 4.57 Å². The topological polar surface area (TPSA) is 68.5 Å². The van der Waals surface area contributed by atoms with Crippen LogP contribution in [-0.2, 0) is 21.2 Å². The summed E-state index contributed by atoms with van der Waals surface area (Å²) in [5.41, 5.74) is 2.12. The molecule has 0 N–H and O–H groups in total. The molecule has 9 heteroatoms. The fourth-order valence-electron chi connectivity index (χ4n) is 2.82. The van der Waals surface area contributed by atoms with Crippen LogP contribution in [0, 0.1) is 6.92 Å². The summed E-state index contributed by atoms with van der Waals surface area (Å²) in [5, 5.41) is 0. The lowest BCUT2D eigenvalue weighted by Crippen LogP contribution is -2.18. The predicted molar refractivity (Wildman–Crippen MR) is 128 cm³/mol. The van der Waals surface area contributed by atoms with E-state index >= 15 is 0 Å². The standard InChI is InChI=1S/C21H24N2O3S4/c1-15-4-6-16(7-5-15)28-12-10-20(24)22-21-23(11-13-27-2)18-9-8-17(30(3,25)26)14-19(18)29-21/h4-9,14H,10-13H2,1-3H3. The molecule has 0 saturated carbocycles. The monoisotopic (exact) mass is 480 g/mol. The normalized spacial score (nSPS) is 12.6. The molecule has 0 spiro atoms. The molecule has 0 fully saturated rings. The van der Waals surface area contributed by atoms with Gasteiger partial charge in [-0.05, 0) is 43.5 Å². The van der Waals surface area contributed by atoms with Gasteiger partial charge in [0.1, 0.15) is 0 Å². The fourth-order valence-corrected chi connectivity index (χ4v) is 5.86. The number of amides is 1. The second-order valence-electron chi connectivity index (χ2n) is 6.85. The highest BCUT2D eigenvalue weighted by atomic mass is 32.2. The van der Waals surface area contributed by atoms with E-state index in [1.807, 2.05) is 17.7 Å². The Balaban J connectivity index is 1.83. The maximum atomic E-state index is 12.5. The Morgan fingerprint density at radius 1 is 1.13 bits per heavy atom. The molecule has 3 rings (SSSR count). The van der Waals surface area contributed by atoms with E-state index in [2.05, 4.69) is 29.3 Å². The third-order valence-electron chi connectivity index (χ3n) is 4.43. The predicted octanol–water partition coefficient (Wildman–Crippen LogP) is 4.39. The van der Waals surface area contributed by atoms with Crippen molar-refractivity contribution in [2.45, 2.75) is 29.7 Å². The SMILES string of the molecule is CSCCn1c(=NC(=O)CCSc2ccc(C)cc2)sc2cc(S(C)(=O)=O)ccc21. The van der Waals surface area contributed by atoms with Gasteiger partial charge in [0.2, 0.25) is 5.91 Å². The molecule has 1 amide bonds. The van der Waals surface area contributed by atoms with Crippen molar-refractivity contribution in [3.8, 4) is 0 Å². The van der Waals surface area contributed by atoms with Crippen molar-refractivity contribution >= 4 is 60.8 Å². The van der Waals surface area contributed by atoms with Gasteiger partial charge in [-0.2, -0.15) is 16.8 Å². The molecule has 1 aromatic heterocycles. The Kier molecular flexibility index (Phi) is 7.84. The van der Waals surface area contributed by atoms with Crippen LogP contribution in [0.25, 0.3) is 10.2 Å². The van der Waals surface area contributed by atoms with E-state index in [-0.39, 0.29) is 10.8 Å². The molecular weight excluding hydrogens is 457 g/mol. The van der Waals surface area contributed by atoms with E-state index < -0.39 is 9.84 Å². The van der Waals surface area contributed by atoms with Crippen molar-refractivity contribution in [1.29, 1.82) is 0 Å². The van der Waals surface area contributed by atoms with Gasteiger partial charge in [0.15, 0.2) is 14.6 Å². The van der Waals surface area contributed by atoms with Gasteiger partial charge in [0, 0.05) is 35.6 Å². The number of aromatic nitrogens is 1. The van der Waals surface area contributed by atoms with E-state index in [0.29, 0.717) is 23.5 Å². The van der Waals surface area contributed by atoms with Crippen molar-refractivity contribution < 1.29 is 13.2 Å². The van der Waals surface area contributed by atoms with E-state index in [1.165, 1.54) is 23.2 Å². The Labute approximate surface area is 189 Å². The van der Waals surface area contributed by atoms with Crippen molar-refractivity contribution in [2.24, 2.45) is 4.99 Å². The smallest absolute Gasteiger partial charge is 0.249 e. The molecule has 30 heavy (non-hydrogen) atoms. The minimum atomic E-state index is -3.29. The van der Waals surface area contributed by atoms with Crippen LogP contribution in [0.3, 0.4) is 0 Å². The zero-order valence-electron chi connectivity index (χ0n) is 17.1. The van der Waals surface area contributed by atoms with Gasteiger partial charge in [0.05, 0.1) is 15.1 Å². The number of hydrogen-bond donors (Lipinski definition) is 0. The number of thiazole rings is 1. The molecule has 3 aromatic rings. The van der Waals surface area contributed by atoms with Crippen LogP contribution >= 0.6 is 34.9 Å². The highest BCUT2D eigenvalue weighted by Crippen LogP contribution is 2.23. The number of sulfone groups is 1. The van der Waals surface area contributed by atoms with Crippen molar-refractivity contribution in [3.05, 3.63) is 52.8 Å². The summed E-state index contributed by atoms with van der Waals surface area (Å²) < 4.78 is 26.6. The summed E-state index contributed by atoms with van der Waals surface area (Å²) in [5.74, 6) is 1.38. The number of thioether (sulfide) groups is 2. The van der Waals surface area contributed by atoms with Crippen LogP contribution in [-0.4, -0.2) is 42.9 Å². The number of carbonyl (C=O) groups excluding carboxylic acids is 1. The van der Waals surface area contributed by atoms with E-state index in [9.17, 15) is 13.2 Å². The van der Waals surface area contributed by atoms with Crippen LogP contribution < -0.4 is 4.80 Å². The number of nitrogens with zero attached hydrogens (tertiary/aromatic N) is 2. The number of fused-ring (bicyclic) bond motifs is 1. The summed E-state index contributed by atoms with van der Waals surface area (Å²) in [6.45, 7) is 2.76. The Morgan fingerprint density at radius 3 is 2.53 bits per heavy atom. The fraction of sp³-hybridized carbons (Fsp3) is 0.333. The lowest BCUT2D eigenvalue weighted by Gasteiger charge is -2.04. The van der Waals surface area contributed by atoms with Gasteiger partial charge in [0.25, 0.3) is 0 Å². The van der Waals surface area contributed by atoms with Gasteiger partial charge >= 0.3 is 0 Å². The molecular formula is C21H24N2O3S4. The van der Waals surface area contributed by atoms with Gasteiger partial charge in [-0.3, -0.25) is 4.79 Å². The maximum absolute atomic E-state index is 12.5. The molecule has 0 aliphatic rings. The van der Waals surface area contributed by atoms with Gasteiger partial charge in [-0.25, -0.2) is 8.42 Å². The first-order valence-corrected chi connectivity index (χ1v) is 14.5. The first-order chi connectivity index (χ1) is 14.3. The first-order valence-electron chi connectivity index (χ1n) is 9.37. The lowest BCUT2D eigenvalue weighted by atomic mass is 10.2. The largest absolute Gasteiger partial charge is 0.316 e. The van der Waals surface area contributed by atoms with Crippen LogP contribution in [0.5, 0.6) is 0 Å².